The van der Waals surface area contributed by atoms with Crippen molar-refractivity contribution in [2.24, 2.45) is 0 Å². The lowest BCUT2D eigenvalue weighted by molar-refractivity contribution is 0.520. The molecule has 2 aromatic rings. The van der Waals surface area contributed by atoms with Crippen LogP contribution in [0.2, 0.25) is 0 Å². The zero-order valence-corrected chi connectivity index (χ0v) is 13.8. The van der Waals surface area contributed by atoms with Gasteiger partial charge in [-0.3, -0.25) is 4.98 Å². The zero-order chi connectivity index (χ0) is 16.2. The van der Waals surface area contributed by atoms with Crippen molar-refractivity contribution in [2.45, 2.75) is 24.4 Å². The van der Waals surface area contributed by atoms with Gasteiger partial charge >= 0.3 is 0 Å². The summed E-state index contributed by atoms with van der Waals surface area (Å²) >= 11 is 0. The van der Waals surface area contributed by atoms with E-state index in [2.05, 4.69) is 10.3 Å². The number of benzene rings is 1. The molecular weight excluding hydrogens is 298 g/mol. The molecule has 22 heavy (non-hydrogen) atoms. The third kappa shape index (κ3) is 3.91. The highest BCUT2D eigenvalue weighted by atomic mass is 32.2. The molecule has 1 heterocycles. The van der Waals surface area contributed by atoms with Gasteiger partial charge in [0, 0.05) is 32.9 Å². The van der Waals surface area contributed by atoms with Gasteiger partial charge in [-0.2, -0.15) is 0 Å². The number of pyridine rings is 1. The van der Waals surface area contributed by atoms with E-state index in [1.165, 1.54) is 18.4 Å². The monoisotopic (exact) mass is 319 g/mol. The van der Waals surface area contributed by atoms with Crippen LogP contribution in [0.4, 0.5) is 0 Å². The quantitative estimate of drug-likeness (QED) is 0.886. The summed E-state index contributed by atoms with van der Waals surface area (Å²) < 4.78 is 25.5. The number of nitrogens with zero attached hydrogens (tertiary/aromatic N) is 2. The normalized spacial score (nSPS) is 13.3. The Hall–Kier alpha value is -1.76. The van der Waals surface area contributed by atoms with Crippen molar-refractivity contribution in [2.75, 3.05) is 14.1 Å². The molecule has 1 atom stereocenters. The van der Waals surface area contributed by atoms with Gasteiger partial charge in [-0.15, -0.1) is 0 Å². The molecule has 0 fully saturated rings. The molecule has 0 bridgehead atoms. The van der Waals surface area contributed by atoms with Gasteiger partial charge in [-0.1, -0.05) is 18.2 Å². The molecule has 1 aromatic heterocycles. The number of aromatic nitrogens is 1. The first-order valence-corrected chi connectivity index (χ1v) is 8.51. The van der Waals surface area contributed by atoms with Crippen molar-refractivity contribution in [1.29, 1.82) is 0 Å². The van der Waals surface area contributed by atoms with Crippen molar-refractivity contribution in [3.8, 4) is 0 Å². The summed E-state index contributed by atoms with van der Waals surface area (Å²) in [6, 6.07) is 12.9. The van der Waals surface area contributed by atoms with Crippen LogP contribution in [0.25, 0.3) is 0 Å². The van der Waals surface area contributed by atoms with E-state index >= 15 is 0 Å². The molecule has 0 aliphatic carbocycles. The number of hydrogen-bond acceptors (Lipinski definition) is 4. The zero-order valence-electron chi connectivity index (χ0n) is 13.0. The lowest BCUT2D eigenvalue weighted by atomic mass is 10.2. The third-order valence-electron chi connectivity index (χ3n) is 3.42. The van der Waals surface area contributed by atoms with Gasteiger partial charge in [0.25, 0.3) is 0 Å². The average molecular weight is 319 g/mol. The molecule has 6 heteroatoms. The molecule has 1 aromatic carbocycles. The molecule has 0 saturated heterocycles. The van der Waals surface area contributed by atoms with Crippen LogP contribution in [0.15, 0.2) is 53.6 Å². The predicted octanol–water partition coefficient (Wildman–Crippen LogP) is 2.18. The average Bonchev–Trinajstić information content (AvgIpc) is 2.53. The van der Waals surface area contributed by atoms with E-state index in [1.807, 2.05) is 31.2 Å². The molecule has 0 saturated carbocycles. The molecule has 118 valence electrons. The number of sulfonamides is 1. The van der Waals surface area contributed by atoms with Crippen LogP contribution in [0.3, 0.4) is 0 Å². The number of rotatable bonds is 6. The van der Waals surface area contributed by atoms with Gasteiger partial charge in [0.05, 0.1) is 10.6 Å². The highest BCUT2D eigenvalue weighted by Crippen LogP contribution is 2.16. The molecule has 5 nitrogen and oxygen atoms in total. The van der Waals surface area contributed by atoms with E-state index < -0.39 is 10.0 Å². The van der Waals surface area contributed by atoms with Crippen LogP contribution in [0.1, 0.15) is 24.2 Å². The van der Waals surface area contributed by atoms with Crippen molar-refractivity contribution in [1.82, 2.24) is 14.6 Å². The first-order chi connectivity index (χ1) is 10.4. The van der Waals surface area contributed by atoms with Crippen LogP contribution >= 0.6 is 0 Å². The SMILES string of the molecule is C[C@@H](NCc1cccc(S(=O)(=O)N(C)C)c1)c1ccccn1. The molecule has 0 amide bonds. The first kappa shape index (κ1) is 16.6. The fourth-order valence-electron chi connectivity index (χ4n) is 2.03. The highest BCUT2D eigenvalue weighted by Gasteiger charge is 2.17. The Balaban J connectivity index is 2.09. The predicted molar refractivity (Wildman–Crippen MR) is 86.8 cm³/mol. The van der Waals surface area contributed by atoms with Crippen molar-refractivity contribution in [3.63, 3.8) is 0 Å². The molecule has 0 unspecified atom stereocenters. The fourth-order valence-corrected chi connectivity index (χ4v) is 3.01. The van der Waals surface area contributed by atoms with Crippen LogP contribution < -0.4 is 5.32 Å². The summed E-state index contributed by atoms with van der Waals surface area (Å²) in [4.78, 5) is 4.61. The smallest absolute Gasteiger partial charge is 0.242 e. The van der Waals surface area contributed by atoms with E-state index in [-0.39, 0.29) is 6.04 Å². The molecule has 0 radical (unpaired) electrons. The van der Waals surface area contributed by atoms with Gasteiger partial charge in [-0.25, -0.2) is 12.7 Å². The topological polar surface area (TPSA) is 62.3 Å². The van der Waals surface area contributed by atoms with Crippen molar-refractivity contribution in [3.05, 3.63) is 59.9 Å². The molecule has 2 rings (SSSR count). The standard InChI is InChI=1S/C16H21N3O2S/c1-13(16-9-4-5-10-17-16)18-12-14-7-6-8-15(11-14)22(20,21)19(2)3/h4-11,13,18H,12H2,1-3H3/t13-/m1/s1. The minimum absolute atomic E-state index is 0.0929. The van der Waals surface area contributed by atoms with Crippen LogP contribution in [0, 0.1) is 0 Å². The number of hydrogen-bond donors (Lipinski definition) is 1. The maximum atomic E-state index is 12.1. The Kier molecular flexibility index (Phi) is 5.28. The maximum absolute atomic E-state index is 12.1. The van der Waals surface area contributed by atoms with Gasteiger partial charge in [-0.05, 0) is 36.8 Å². The van der Waals surface area contributed by atoms with Crippen LogP contribution in [-0.4, -0.2) is 31.8 Å². The van der Waals surface area contributed by atoms with Crippen LogP contribution in [0.5, 0.6) is 0 Å². The van der Waals surface area contributed by atoms with E-state index in [9.17, 15) is 8.42 Å². The van der Waals surface area contributed by atoms with Gasteiger partial charge in [0.2, 0.25) is 10.0 Å². The highest BCUT2D eigenvalue weighted by molar-refractivity contribution is 7.89. The Morgan fingerprint density at radius 2 is 1.95 bits per heavy atom. The molecular formula is C16H21N3O2S. The van der Waals surface area contributed by atoms with E-state index in [1.54, 1.807) is 24.4 Å². The second kappa shape index (κ2) is 7.00. The van der Waals surface area contributed by atoms with Crippen molar-refractivity contribution < 1.29 is 8.42 Å². The van der Waals surface area contributed by atoms with Gasteiger partial charge < -0.3 is 5.32 Å². The lowest BCUT2D eigenvalue weighted by Crippen LogP contribution is -2.23. The van der Waals surface area contributed by atoms with Gasteiger partial charge in [0.15, 0.2) is 0 Å². The first-order valence-electron chi connectivity index (χ1n) is 7.07. The molecule has 0 aliphatic rings. The van der Waals surface area contributed by atoms with Crippen LogP contribution in [-0.2, 0) is 16.6 Å². The summed E-state index contributed by atoms with van der Waals surface area (Å²) in [5.41, 5.74) is 1.88. The summed E-state index contributed by atoms with van der Waals surface area (Å²) in [6.45, 7) is 2.61. The van der Waals surface area contributed by atoms with Gasteiger partial charge in [0.1, 0.15) is 0 Å². The minimum atomic E-state index is -3.40. The lowest BCUT2D eigenvalue weighted by Gasteiger charge is -2.15. The summed E-state index contributed by atoms with van der Waals surface area (Å²) in [6.07, 6.45) is 1.76. The summed E-state index contributed by atoms with van der Waals surface area (Å²) in [5, 5.41) is 3.35. The van der Waals surface area contributed by atoms with Crippen molar-refractivity contribution >= 4 is 10.0 Å². The second-order valence-electron chi connectivity index (χ2n) is 5.29. The molecule has 0 aliphatic heterocycles. The Labute approximate surface area is 132 Å². The maximum Gasteiger partial charge on any atom is 0.242 e. The van der Waals surface area contributed by atoms with E-state index in [4.69, 9.17) is 0 Å². The molecule has 0 spiro atoms. The summed E-state index contributed by atoms with van der Waals surface area (Å²) in [7, 11) is -0.335. The van der Waals surface area contributed by atoms with E-state index in [0.29, 0.717) is 11.4 Å². The fraction of sp³-hybridized carbons (Fsp3) is 0.312. The third-order valence-corrected chi connectivity index (χ3v) is 5.23. The second-order valence-corrected chi connectivity index (χ2v) is 7.44. The minimum Gasteiger partial charge on any atom is -0.305 e. The Bertz CT molecular complexity index is 715. The Morgan fingerprint density at radius 3 is 2.59 bits per heavy atom. The van der Waals surface area contributed by atoms with E-state index in [0.717, 1.165) is 11.3 Å². The molecule has 1 N–H and O–H groups in total. The number of nitrogens with one attached hydrogen (secondary N) is 1. The largest absolute Gasteiger partial charge is 0.305 e. The Morgan fingerprint density at radius 1 is 1.18 bits per heavy atom. The summed E-state index contributed by atoms with van der Waals surface area (Å²) in [5.74, 6) is 0.